The first kappa shape index (κ1) is 21.5. The largest absolute Gasteiger partial charge is 0.493 e. The Morgan fingerprint density at radius 3 is 2.30 bits per heavy atom. The van der Waals surface area contributed by atoms with Crippen molar-refractivity contribution >= 4 is 27.6 Å². The van der Waals surface area contributed by atoms with Crippen molar-refractivity contribution < 1.29 is 14.2 Å². The van der Waals surface area contributed by atoms with Gasteiger partial charge >= 0.3 is 0 Å². The maximum Gasteiger partial charge on any atom is 0.161 e. The second-order valence-electron chi connectivity index (χ2n) is 6.70. The summed E-state index contributed by atoms with van der Waals surface area (Å²) in [5.74, 6) is 1.89. The molecule has 0 aliphatic carbocycles. The van der Waals surface area contributed by atoms with E-state index in [1.165, 1.54) is 5.56 Å². The van der Waals surface area contributed by atoms with E-state index in [1.807, 2.05) is 42.5 Å². The number of ether oxygens (including phenoxy) is 3. The molecule has 0 radical (unpaired) electrons. The van der Waals surface area contributed by atoms with Crippen LogP contribution in [0, 0.1) is 18.3 Å². The standard InChI is InChI=1S/C25H22BrNO3/c1-17-4-6-18(7-5-17)16-30-23-11-9-22(26)13-20(23)12-21(15-27)19-8-10-24(28-2)25(14-19)29-3/h4-14H,16H2,1-3H3/b21-12+. The van der Waals surface area contributed by atoms with E-state index in [9.17, 15) is 5.26 Å². The first-order valence-corrected chi connectivity index (χ1v) is 10.2. The van der Waals surface area contributed by atoms with E-state index >= 15 is 0 Å². The monoisotopic (exact) mass is 463 g/mol. The Morgan fingerprint density at radius 2 is 1.63 bits per heavy atom. The molecule has 4 nitrogen and oxygen atoms in total. The molecule has 3 aromatic rings. The van der Waals surface area contributed by atoms with Crippen molar-refractivity contribution in [3.63, 3.8) is 0 Å². The highest BCUT2D eigenvalue weighted by atomic mass is 79.9. The average Bonchev–Trinajstić information content (AvgIpc) is 2.77. The molecular weight excluding hydrogens is 442 g/mol. The van der Waals surface area contributed by atoms with Gasteiger partial charge in [0.15, 0.2) is 11.5 Å². The van der Waals surface area contributed by atoms with Crippen LogP contribution in [0.25, 0.3) is 11.6 Å². The number of nitrogens with zero attached hydrogens (tertiary/aromatic N) is 1. The molecule has 0 saturated carbocycles. The summed E-state index contributed by atoms with van der Waals surface area (Å²) in [6, 6.07) is 21.7. The first-order chi connectivity index (χ1) is 14.5. The van der Waals surface area contributed by atoms with Gasteiger partial charge in [0.2, 0.25) is 0 Å². The van der Waals surface area contributed by atoms with Gasteiger partial charge in [-0.15, -0.1) is 0 Å². The lowest BCUT2D eigenvalue weighted by Crippen LogP contribution is -1.97. The normalized spacial score (nSPS) is 11.0. The van der Waals surface area contributed by atoms with Crippen molar-refractivity contribution in [1.82, 2.24) is 0 Å². The molecule has 0 spiro atoms. The summed E-state index contributed by atoms with van der Waals surface area (Å²) in [7, 11) is 3.15. The Labute approximate surface area is 185 Å². The van der Waals surface area contributed by atoms with Crippen LogP contribution in [0.1, 0.15) is 22.3 Å². The highest BCUT2D eigenvalue weighted by Gasteiger charge is 2.10. The van der Waals surface area contributed by atoms with Crippen molar-refractivity contribution in [2.24, 2.45) is 0 Å². The lowest BCUT2D eigenvalue weighted by atomic mass is 10.0. The zero-order valence-corrected chi connectivity index (χ0v) is 18.7. The van der Waals surface area contributed by atoms with Crippen molar-refractivity contribution in [2.75, 3.05) is 14.2 Å². The fourth-order valence-corrected chi connectivity index (χ4v) is 3.33. The van der Waals surface area contributed by atoms with Gasteiger partial charge in [0.05, 0.1) is 25.9 Å². The fraction of sp³-hybridized carbons (Fsp3) is 0.160. The number of hydrogen-bond acceptors (Lipinski definition) is 4. The molecule has 0 fully saturated rings. The van der Waals surface area contributed by atoms with Crippen LogP contribution >= 0.6 is 15.9 Å². The number of aryl methyl sites for hydroxylation is 1. The van der Waals surface area contributed by atoms with Crippen LogP contribution in [0.5, 0.6) is 17.2 Å². The summed E-state index contributed by atoms with van der Waals surface area (Å²) in [6.07, 6.45) is 1.82. The fourth-order valence-electron chi connectivity index (χ4n) is 2.95. The quantitative estimate of drug-likeness (QED) is 0.299. The molecule has 0 saturated heterocycles. The SMILES string of the molecule is COc1ccc(/C(C#N)=C/c2cc(Br)ccc2OCc2ccc(C)cc2)cc1OC. The van der Waals surface area contributed by atoms with Gasteiger partial charge in [-0.2, -0.15) is 5.26 Å². The number of benzene rings is 3. The minimum atomic E-state index is 0.445. The molecule has 5 heteroatoms. The number of hydrogen-bond donors (Lipinski definition) is 0. The van der Waals surface area contributed by atoms with Gasteiger partial charge in [-0.05, 0) is 60.5 Å². The predicted molar refractivity (Wildman–Crippen MR) is 123 cm³/mol. The minimum absolute atomic E-state index is 0.445. The zero-order chi connectivity index (χ0) is 21.5. The molecule has 3 aromatic carbocycles. The Kier molecular flexibility index (Phi) is 7.16. The van der Waals surface area contributed by atoms with Gasteiger partial charge in [0, 0.05) is 10.0 Å². The summed E-state index contributed by atoms with van der Waals surface area (Å²) in [5.41, 5.74) is 4.33. The van der Waals surface area contributed by atoms with Gasteiger partial charge in [0.25, 0.3) is 0 Å². The molecule has 3 rings (SSSR count). The number of rotatable bonds is 7. The van der Waals surface area contributed by atoms with E-state index in [1.54, 1.807) is 26.4 Å². The van der Waals surface area contributed by atoms with Crippen LogP contribution in [-0.4, -0.2) is 14.2 Å². The summed E-state index contributed by atoms with van der Waals surface area (Å²) in [5, 5.41) is 9.78. The van der Waals surface area contributed by atoms with E-state index in [4.69, 9.17) is 14.2 Å². The van der Waals surface area contributed by atoms with Gasteiger partial charge < -0.3 is 14.2 Å². The van der Waals surface area contributed by atoms with Gasteiger partial charge in [-0.25, -0.2) is 0 Å². The molecule has 0 heterocycles. The molecular formula is C25H22BrNO3. The minimum Gasteiger partial charge on any atom is -0.493 e. The molecule has 0 unspecified atom stereocenters. The second-order valence-corrected chi connectivity index (χ2v) is 7.61. The lowest BCUT2D eigenvalue weighted by molar-refractivity contribution is 0.305. The van der Waals surface area contributed by atoms with Crippen molar-refractivity contribution in [3.8, 4) is 23.3 Å². The van der Waals surface area contributed by atoms with Crippen LogP contribution in [-0.2, 0) is 6.61 Å². The highest BCUT2D eigenvalue weighted by Crippen LogP contribution is 2.33. The molecule has 30 heavy (non-hydrogen) atoms. The molecule has 0 N–H and O–H groups in total. The molecule has 0 aliphatic heterocycles. The Balaban J connectivity index is 1.93. The summed E-state index contributed by atoms with van der Waals surface area (Å²) >= 11 is 3.51. The van der Waals surface area contributed by atoms with Crippen LogP contribution in [0.4, 0.5) is 0 Å². The second kappa shape index (κ2) is 10.00. The number of nitriles is 1. The third-order valence-corrected chi connectivity index (χ3v) is 5.09. The molecule has 0 aromatic heterocycles. The molecule has 0 atom stereocenters. The number of halogens is 1. The van der Waals surface area contributed by atoms with Crippen molar-refractivity contribution in [1.29, 1.82) is 5.26 Å². The Bertz CT molecular complexity index is 1100. The molecule has 0 amide bonds. The van der Waals surface area contributed by atoms with Crippen molar-refractivity contribution in [3.05, 3.63) is 87.4 Å². The summed E-state index contributed by atoms with van der Waals surface area (Å²) < 4.78 is 17.6. The van der Waals surface area contributed by atoms with E-state index in [2.05, 4.69) is 41.1 Å². The third-order valence-electron chi connectivity index (χ3n) is 4.60. The van der Waals surface area contributed by atoms with Crippen LogP contribution in [0.2, 0.25) is 0 Å². The molecule has 0 bridgehead atoms. The topological polar surface area (TPSA) is 51.5 Å². The van der Waals surface area contributed by atoms with Crippen LogP contribution in [0.15, 0.2) is 65.1 Å². The number of methoxy groups -OCH3 is 2. The van der Waals surface area contributed by atoms with E-state index in [0.29, 0.717) is 29.4 Å². The maximum absolute atomic E-state index is 9.78. The van der Waals surface area contributed by atoms with Crippen LogP contribution < -0.4 is 14.2 Å². The summed E-state index contributed by atoms with van der Waals surface area (Å²) in [6.45, 7) is 2.50. The molecule has 0 aliphatic rings. The van der Waals surface area contributed by atoms with Gasteiger partial charge in [0.1, 0.15) is 12.4 Å². The molecule has 152 valence electrons. The van der Waals surface area contributed by atoms with Gasteiger partial charge in [-0.1, -0.05) is 45.8 Å². The zero-order valence-electron chi connectivity index (χ0n) is 17.1. The maximum atomic E-state index is 9.78. The van der Waals surface area contributed by atoms with Gasteiger partial charge in [-0.3, -0.25) is 0 Å². The van der Waals surface area contributed by atoms with E-state index in [0.717, 1.165) is 21.2 Å². The van der Waals surface area contributed by atoms with Crippen LogP contribution in [0.3, 0.4) is 0 Å². The van der Waals surface area contributed by atoms with E-state index in [-0.39, 0.29) is 0 Å². The van der Waals surface area contributed by atoms with Crippen molar-refractivity contribution in [2.45, 2.75) is 13.5 Å². The predicted octanol–water partition coefficient (Wildman–Crippen LogP) is 6.42. The lowest BCUT2D eigenvalue weighted by Gasteiger charge is -2.12. The average molecular weight is 464 g/mol. The Morgan fingerprint density at radius 1 is 0.933 bits per heavy atom. The Hall–Kier alpha value is -3.23. The first-order valence-electron chi connectivity index (χ1n) is 9.36. The number of allylic oxidation sites excluding steroid dienone is 1. The highest BCUT2D eigenvalue weighted by molar-refractivity contribution is 9.10. The smallest absolute Gasteiger partial charge is 0.161 e. The third kappa shape index (κ3) is 5.22. The summed E-state index contributed by atoms with van der Waals surface area (Å²) in [4.78, 5) is 0. The van der Waals surface area contributed by atoms with E-state index < -0.39 is 0 Å².